The first-order valence-corrected chi connectivity index (χ1v) is 6.14. The molecular weight excluding hydrogens is 260 g/mol. The third-order valence-corrected chi connectivity index (χ3v) is 2.62. The summed E-state index contributed by atoms with van der Waals surface area (Å²) in [5.74, 6) is 0.203. The minimum atomic E-state index is -1.14. The first-order valence-electron chi connectivity index (χ1n) is 6.14. The molecule has 0 spiro atoms. The Bertz CT molecular complexity index is 614. The van der Waals surface area contributed by atoms with Gasteiger partial charge >= 0.3 is 5.97 Å². The topological polar surface area (TPSA) is 85.5 Å². The van der Waals surface area contributed by atoms with Crippen LogP contribution in [0.25, 0.3) is 0 Å². The molecule has 6 nitrogen and oxygen atoms in total. The Labute approximate surface area is 116 Å². The smallest absolute Gasteiger partial charge is 0.358 e. The molecule has 2 heterocycles. The van der Waals surface area contributed by atoms with Gasteiger partial charge in [-0.15, -0.1) is 0 Å². The summed E-state index contributed by atoms with van der Waals surface area (Å²) in [5.41, 5.74) is -0.263. The van der Waals surface area contributed by atoms with Gasteiger partial charge in [0.2, 0.25) is 5.89 Å². The molecule has 0 bridgehead atoms. The molecule has 20 heavy (non-hydrogen) atoms. The van der Waals surface area contributed by atoms with Crippen molar-refractivity contribution in [1.82, 2.24) is 9.97 Å². The molecule has 0 amide bonds. The van der Waals surface area contributed by atoms with E-state index in [-0.39, 0.29) is 23.5 Å². The van der Waals surface area contributed by atoms with Gasteiger partial charge in [-0.2, -0.15) is 0 Å². The van der Waals surface area contributed by atoms with Crippen LogP contribution in [0, 0.1) is 0 Å². The van der Waals surface area contributed by atoms with E-state index in [9.17, 15) is 4.79 Å². The fourth-order valence-corrected chi connectivity index (χ4v) is 1.53. The lowest BCUT2D eigenvalue weighted by Crippen LogP contribution is -2.09. The van der Waals surface area contributed by atoms with E-state index < -0.39 is 5.97 Å². The number of hydrogen-bond donors (Lipinski definition) is 1. The predicted octanol–water partition coefficient (Wildman–Crippen LogP) is 2.64. The lowest BCUT2D eigenvalue weighted by atomic mass is 9.94. The number of rotatable bonds is 4. The highest BCUT2D eigenvalue weighted by atomic mass is 16.5. The van der Waals surface area contributed by atoms with E-state index >= 15 is 0 Å². The first kappa shape index (κ1) is 14.0. The van der Waals surface area contributed by atoms with Crippen molar-refractivity contribution in [3.8, 4) is 5.75 Å². The summed E-state index contributed by atoms with van der Waals surface area (Å²) in [7, 11) is 0. The van der Waals surface area contributed by atoms with Gasteiger partial charge in [0.15, 0.2) is 18.1 Å². The lowest BCUT2D eigenvalue weighted by Gasteiger charge is -2.13. The van der Waals surface area contributed by atoms with Crippen LogP contribution in [0.15, 0.2) is 28.9 Å². The van der Waals surface area contributed by atoms with E-state index in [4.69, 9.17) is 14.3 Å². The number of carboxylic acids is 1. The van der Waals surface area contributed by atoms with Crippen LogP contribution in [0.4, 0.5) is 0 Å². The van der Waals surface area contributed by atoms with Gasteiger partial charge < -0.3 is 14.3 Å². The number of hydrogen-bond acceptors (Lipinski definition) is 5. The summed E-state index contributed by atoms with van der Waals surface area (Å²) >= 11 is 0. The van der Waals surface area contributed by atoms with E-state index in [1.165, 1.54) is 6.20 Å². The van der Waals surface area contributed by atoms with Crippen LogP contribution in [0.5, 0.6) is 5.75 Å². The molecule has 0 unspecified atom stereocenters. The minimum absolute atomic E-state index is 0.0576. The van der Waals surface area contributed by atoms with E-state index in [2.05, 4.69) is 9.97 Å². The number of aromatic nitrogens is 2. The molecule has 0 aliphatic carbocycles. The van der Waals surface area contributed by atoms with Gasteiger partial charge in [-0.1, -0.05) is 20.8 Å². The molecule has 0 atom stereocenters. The molecular formula is C14H16N2O4. The maximum Gasteiger partial charge on any atom is 0.358 e. The number of aromatic carboxylic acids is 1. The molecule has 6 heteroatoms. The molecule has 2 aromatic heterocycles. The summed E-state index contributed by atoms with van der Waals surface area (Å²) in [6.45, 7) is 6.10. The predicted molar refractivity (Wildman–Crippen MR) is 70.7 cm³/mol. The second-order valence-electron chi connectivity index (χ2n) is 5.31. The second kappa shape index (κ2) is 5.32. The van der Waals surface area contributed by atoms with E-state index in [0.29, 0.717) is 5.89 Å². The standard InChI is InChI=1S/C14H16N2O4/c1-14(2,3)10-7-16-11(20-10)8-19-9-5-4-6-15-12(9)13(17)18/h4-7H,8H2,1-3H3,(H,17,18). The minimum Gasteiger partial charge on any atom is -0.481 e. The highest BCUT2D eigenvalue weighted by molar-refractivity contribution is 5.88. The average Bonchev–Trinajstić information content (AvgIpc) is 2.85. The van der Waals surface area contributed by atoms with Gasteiger partial charge in [0.1, 0.15) is 5.76 Å². The molecule has 0 aliphatic heterocycles. The van der Waals surface area contributed by atoms with Crippen LogP contribution in [0.1, 0.15) is 42.9 Å². The number of carboxylic acid groups (broad SMARTS) is 1. The van der Waals surface area contributed by atoms with Crippen molar-refractivity contribution in [2.75, 3.05) is 0 Å². The van der Waals surface area contributed by atoms with Crippen LogP contribution in [0.2, 0.25) is 0 Å². The number of carbonyl (C=O) groups is 1. The normalized spacial score (nSPS) is 11.3. The zero-order valence-electron chi connectivity index (χ0n) is 11.6. The third-order valence-electron chi connectivity index (χ3n) is 2.62. The number of ether oxygens (including phenoxy) is 1. The molecule has 0 aromatic carbocycles. The first-order chi connectivity index (χ1) is 9.38. The van der Waals surface area contributed by atoms with Gasteiger partial charge in [-0.25, -0.2) is 14.8 Å². The Kier molecular flexibility index (Phi) is 3.74. The highest BCUT2D eigenvalue weighted by Gasteiger charge is 2.19. The quantitative estimate of drug-likeness (QED) is 0.923. The van der Waals surface area contributed by atoms with Crippen molar-refractivity contribution in [3.63, 3.8) is 0 Å². The Balaban J connectivity index is 2.10. The van der Waals surface area contributed by atoms with Crippen molar-refractivity contribution in [2.45, 2.75) is 32.8 Å². The number of nitrogens with zero attached hydrogens (tertiary/aromatic N) is 2. The molecule has 2 aromatic rings. The highest BCUT2D eigenvalue weighted by Crippen LogP contribution is 2.23. The zero-order valence-corrected chi connectivity index (χ0v) is 11.6. The van der Waals surface area contributed by atoms with Gasteiger partial charge in [0.05, 0.1) is 6.20 Å². The van der Waals surface area contributed by atoms with Crippen molar-refractivity contribution in [1.29, 1.82) is 0 Å². The zero-order chi connectivity index (χ0) is 14.8. The molecule has 0 aliphatic rings. The fraction of sp³-hybridized carbons (Fsp3) is 0.357. The summed E-state index contributed by atoms with van der Waals surface area (Å²) in [6.07, 6.45) is 3.05. The Hall–Kier alpha value is -2.37. The van der Waals surface area contributed by atoms with Crippen molar-refractivity contribution in [2.24, 2.45) is 0 Å². The summed E-state index contributed by atoms with van der Waals surface area (Å²) in [4.78, 5) is 18.9. The average molecular weight is 276 g/mol. The Morgan fingerprint density at radius 3 is 2.75 bits per heavy atom. The maximum atomic E-state index is 11.0. The summed E-state index contributed by atoms with van der Waals surface area (Å²) in [5, 5.41) is 8.99. The molecule has 2 rings (SSSR count). The molecule has 0 saturated heterocycles. The van der Waals surface area contributed by atoms with Crippen molar-refractivity contribution in [3.05, 3.63) is 41.9 Å². The van der Waals surface area contributed by atoms with E-state index in [1.807, 2.05) is 20.8 Å². The van der Waals surface area contributed by atoms with Crippen molar-refractivity contribution < 1.29 is 19.1 Å². The Morgan fingerprint density at radius 2 is 2.15 bits per heavy atom. The summed E-state index contributed by atoms with van der Waals surface area (Å²) < 4.78 is 11.0. The fourth-order valence-electron chi connectivity index (χ4n) is 1.53. The van der Waals surface area contributed by atoms with E-state index in [0.717, 1.165) is 5.76 Å². The second-order valence-corrected chi connectivity index (χ2v) is 5.31. The van der Waals surface area contributed by atoms with Crippen LogP contribution >= 0.6 is 0 Å². The molecule has 106 valence electrons. The largest absolute Gasteiger partial charge is 0.481 e. The SMILES string of the molecule is CC(C)(C)c1cnc(COc2cccnc2C(=O)O)o1. The van der Waals surface area contributed by atoms with Crippen LogP contribution < -0.4 is 4.74 Å². The van der Waals surface area contributed by atoms with Crippen molar-refractivity contribution >= 4 is 5.97 Å². The van der Waals surface area contributed by atoms with Gasteiger partial charge in [0.25, 0.3) is 0 Å². The Morgan fingerprint density at radius 1 is 1.40 bits per heavy atom. The van der Waals surface area contributed by atoms with Gasteiger partial charge in [-0.3, -0.25) is 0 Å². The van der Waals surface area contributed by atoms with Crippen LogP contribution in [-0.4, -0.2) is 21.0 Å². The van der Waals surface area contributed by atoms with Crippen LogP contribution in [-0.2, 0) is 12.0 Å². The van der Waals surface area contributed by atoms with Gasteiger partial charge in [-0.05, 0) is 12.1 Å². The molecule has 1 N–H and O–H groups in total. The van der Waals surface area contributed by atoms with Gasteiger partial charge in [0, 0.05) is 11.6 Å². The van der Waals surface area contributed by atoms with Crippen LogP contribution in [0.3, 0.4) is 0 Å². The molecule has 0 saturated carbocycles. The molecule has 0 radical (unpaired) electrons. The number of pyridine rings is 1. The third kappa shape index (κ3) is 3.14. The summed E-state index contributed by atoms with van der Waals surface area (Å²) in [6, 6.07) is 3.15. The monoisotopic (exact) mass is 276 g/mol. The lowest BCUT2D eigenvalue weighted by molar-refractivity contribution is 0.0684. The van der Waals surface area contributed by atoms with E-state index in [1.54, 1.807) is 18.3 Å². The maximum absolute atomic E-state index is 11.0. The number of oxazole rings is 1. The molecule has 0 fully saturated rings.